The molecule has 0 bridgehead atoms. The van der Waals surface area contributed by atoms with Gasteiger partial charge < -0.3 is 5.32 Å². The van der Waals surface area contributed by atoms with Crippen LogP contribution < -0.4 is 5.32 Å². The molecule has 0 amide bonds. The topological polar surface area (TPSA) is 16.6 Å². The van der Waals surface area contributed by atoms with Crippen LogP contribution in [0.5, 0.6) is 0 Å². The van der Waals surface area contributed by atoms with Crippen LogP contribution in [-0.2, 0) is 0 Å². The summed E-state index contributed by atoms with van der Waals surface area (Å²) in [6.07, 6.45) is 4.12. The molecule has 0 saturated heterocycles. The Balaban J connectivity index is 0. The summed E-state index contributed by atoms with van der Waals surface area (Å²) in [6, 6.07) is 0. The molecule has 9 heavy (non-hydrogen) atoms. The van der Waals surface area contributed by atoms with E-state index in [0.29, 0.717) is 0 Å². The summed E-state index contributed by atoms with van der Waals surface area (Å²) in [5.74, 6) is 0. The molecule has 0 radical (unpaired) electrons. The molecule has 0 saturated carbocycles. The highest BCUT2D eigenvalue weighted by molar-refractivity contribution is 4.30. The monoisotopic (exact) mass is 132 g/mol. The van der Waals surface area contributed by atoms with Crippen LogP contribution >= 0.6 is 0 Å². The Morgan fingerprint density at radius 1 is 1.11 bits per heavy atom. The zero-order valence-corrected chi connectivity index (χ0v) is 7.41. The number of unbranched alkanes of at least 4 members (excludes halogenated alkanes) is 2. The molecule has 0 rings (SSSR count). The van der Waals surface area contributed by atoms with Gasteiger partial charge in [-0.25, -0.2) is 0 Å². The van der Waals surface area contributed by atoms with Crippen LogP contribution in [0.25, 0.3) is 0 Å². The predicted octanol–water partition coefficient (Wildman–Crippen LogP) is 1.40. The Morgan fingerprint density at radius 3 is 2.00 bits per heavy atom. The van der Waals surface area contributed by atoms with E-state index in [1.165, 1.54) is 25.8 Å². The molecule has 0 spiro atoms. The van der Waals surface area contributed by atoms with Crippen LogP contribution in [0, 0.1) is 0 Å². The van der Waals surface area contributed by atoms with Gasteiger partial charge in [-0.2, -0.15) is 0 Å². The van der Waals surface area contributed by atoms with Crippen LogP contribution in [0.2, 0.25) is 0 Å². The Bertz CT molecular complexity index is 23.7. The third-order valence-electron chi connectivity index (χ3n) is 1.10. The smallest absolute Gasteiger partial charge is 0.0753 e. The zero-order valence-electron chi connectivity index (χ0n) is 7.41. The maximum absolute atomic E-state index is 2.23. The van der Waals surface area contributed by atoms with Crippen molar-refractivity contribution in [3.05, 3.63) is 0 Å². The van der Waals surface area contributed by atoms with Crippen LogP contribution in [0.3, 0.4) is 0 Å². The molecule has 0 fully saturated rings. The van der Waals surface area contributed by atoms with E-state index >= 15 is 0 Å². The largest absolute Gasteiger partial charge is 0.349 e. The van der Waals surface area contributed by atoms with E-state index in [1.807, 2.05) is 13.8 Å². The second-order valence-electron chi connectivity index (χ2n) is 1.90. The first-order valence-corrected chi connectivity index (χ1v) is 4.19. The Hall–Kier alpha value is -0.0400. The summed E-state index contributed by atoms with van der Waals surface area (Å²) in [5, 5.41) is 2.23. The molecule has 2 N–H and O–H groups in total. The molecule has 0 atom stereocenters. The lowest BCUT2D eigenvalue weighted by Gasteiger charge is -1.90. The SMILES string of the molecule is CC.CCCCC[NH2+]C. The van der Waals surface area contributed by atoms with E-state index < -0.39 is 0 Å². The van der Waals surface area contributed by atoms with Crippen molar-refractivity contribution >= 4 is 0 Å². The van der Waals surface area contributed by atoms with Crippen molar-refractivity contribution in [2.75, 3.05) is 13.6 Å². The Morgan fingerprint density at radius 2 is 1.67 bits per heavy atom. The van der Waals surface area contributed by atoms with Crippen molar-refractivity contribution in [1.82, 2.24) is 0 Å². The van der Waals surface area contributed by atoms with Gasteiger partial charge in [0.2, 0.25) is 0 Å². The summed E-state index contributed by atoms with van der Waals surface area (Å²) < 4.78 is 0. The Kier molecular flexibility index (Phi) is 20.4. The molecule has 0 unspecified atom stereocenters. The van der Waals surface area contributed by atoms with Gasteiger partial charge in [0.05, 0.1) is 13.6 Å². The highest BCUT2D eigenvalue weighted by Crippen LogP contribution is 1.87. The van der Waals surface area contributed by atoms with E-state index in [9.17, 15) is 0 Å². The number of nitrogens with two attached hydrogens (primary N) is 1. The third kappa shape index (κ3) is 18.0. The number of hydrogen-bond donors (Lipinski definition) is 1. The average molecular weight is 132 g/mol. The minimum absolute atomic E-state index is 1.30. The molecule has 0 aromatic heterocycles. The molecule has 0 aromatic carbocycles. The number of quaternary nitrogens is 1. The summed E-state index contributed by atoms with van der Waals surface area (Å²) in [5.41, 5.74) is 0. The molecular weight excluding hydrogens is 110 g/mol. The normalized spacial score (nSPS) is 8.00. The molecule has 0 aliphatic carbocycles. The van der Waals surface area contributed by atoms with Crippen LogP contribution in [0.15, 0.2) is 0 Å². The maximum atomic E-state index is 2.23. The van der Waals surface area contributed by atoms with Gasteiger partial charge in [0.1, 0.15) is 0 Å². The first kappa shape index (κ1) is 11.7. The summed E-state index contributed by atoms with van der Waals surface area (Å²) in [4.78, 5) is 0. The second-order valence-corrected chi connectivity index (χ2v) is 1.90. The van der Waals surface area contributed by atoms with Gasteiger partial charge in [-0.3, -0.25) is 0 Å². The fraction of sp³-hybridized carbons (Fsp3) is 1.00. The van der Waals surface area contributed by atoms with E-state index in [4.69, 9.17) is 0 Å². The lowest BCUT2D eigenvalue weighted by molar-refractivity contribution is -0.627. The van der Waals surface area contributed by atoms with Gasteiger partial charge in [0.15, 0.2) is 0 Å². The van der Waals surface area contributed by atoms with Gasteiger partial charge in [-0.15, -0.1) is 0 Å². The van der Waals surface area contributed by atoms with Crippen molar-refractivity contribution in [3.8, 4) is 0 Å². The van der Waals surface area contributed by atoms with Gasteiger partial charge in [-0.1, -0.05) is 27.2 Å². The zero-order chi connectivity index (χ0) is 7.54. The fourth-order valence-electron chi connectivity index (χ4n) is 0.598. The standard InChI is InChI=1S/C6H15N.C2H6/c1-3-4-5-6-7-2;1-2/h7H,3-6H2,1-2H3;1-2H3/p+1. The molecule has 1 heteroatoms. The van der Waals surface area contributed by atoms with Crippen molar-refractivity contribution in [2.24, 2.45) is 0 Å². The quantitative estimate of drug-likeness (QED) is 0.557. The van der Waals surface area contributed by atoms with Gasteiger partial charge in [0, 0.05) is 0 Å². The number of hydrogen-bond acceptors (Lipinski definition) is 0. The Labute approximate surface area is 59.8 Å². The van der Waals surface area contributed by atoms with Crippen LogP contribution in [0.1, 0.15) is 40.0 Å². The fourth-order valence-corrected chi connectivity index (χ4v) is 0.598. The highest BCUT2D eigenvalue weighted by atomic mass is 14.8. The predicted molar refractivity (Wildman–Crippen MR) is 43.6 cm³/mol. The van der Waals surface area contributed by atoms with Crippen molar-refractivity contribution < 1.29 is 5.32 Å². The van der Waals surface area contributed by atoms with Crippen molar-refractivity contribution in [2.45, 2.75) is 40.0 Å². The summed E-state index contributed by atoms with van der Waals surface area (Å²) >= 11 is 0. The molecule has 58 valence electrons. The second kappa shape index (κ2) is 15.7. The first-order chi connectivity index (χ1) is 4.41. The number of rotatable bonds is 4. The van der Waals surface area contributed by atoms with Crippen LogP contribution in [0.4, 0.5) is 0 Å². The maximum Gasteiger partial charge on any atom is 0.0753 e. The summed E-state index contributed by atoms with van der Waals surface area (Å²) in [6.45, 7) is 7.53. The van der Waals surface area contributed by atoms with Gasteiger partial charge >= 0.3 is 0 Å². The van der Waals surface area contributed by atoms with E-state index in [1.54, 1.807) is 0 Å². The van der Waals surface area contributed by atoms with Crippen molar-refractivity contribution in [1.29, 1.82) is 0 Å². The van der Waals surface area contributed by atoms with E-state index in [2.05, 4.69) is 19.3 Å². The molecule has 1 nitrogen and oxygen atoms in total. The highest BCUT2D eigenvalue weighted by Gasteiger charge is 1.81. The van der Waals surface area contributed by atoms with Crippen LogP contribution in [-0.4, -0.2) is 13.6 Å². The van der Waals surface area contributed by atoms with Crippen molar-refractivity contribution in [3.63, 3.8) is 0 Å². The third-order valence-corrected chi connectivity index (χ3v) is 1.10. The lowest BCUT2D eigenvalue weighted by Crippen LogP contribution is -2.79. The van der Waals surface area contributed by atoms with Gasteiger partial charge in [-0.05, 0) is 12.8 Å². The molecule has 0 aliphatic heterocycles. The average Bonchev–Trinajstić information content (AvgIpc) is 1.94. The molecular formula is C8H22N+. The molecule has 0 heterocycles. The minimum Gasteiger partial charge on any atom is -0.349 e. The first-order valence-electron chi connectivity index (χ1n) is 4.19. The molecule has 0 aromatic rings. The van der Waals surface area contributed by atoms with E-state index in [0.717, 1.165) is 0 Å². The molecule has 0 aliphatic rings. The van der Waals surface area contributed by atoms with Gasteiger partial charge in [0.25, 0.3) is 0 Å². The lowest BCUT2D eigenvalue weighted by atomic mass is 10.2. The minimum atomic E-state index is 1.30. The summed E-state index contributed by atoms with van der Waals surface area (Å²) in [7, 11) is 2.12. The van der Waals surface area contributed by atoms with E-state index in [-0.39, 0.29) is 0 Å².